The molecule has 0 aromatic carbocycles. The van der Waals surface area contributed by atoms with E-state index in [1.54, 1.807) is 0 Å². The van der Waals surface area contributed by atoms with Gasteiger partial charge in [0, 0.05) is 45.1 Å². The van der Waals surface area contributed by atoms with Crippen LogP contribution in [0.15, 0.2) is 16.1 Å². The Morgan fingerprint density at radius 1 is 1.00 bits per heavy atom. The number of aldehydes is 1. The lowest BCUT2D eigenvalue weighted by Gasteiger charge is -2.51. The molecule has 2 aliphatic rings. The number of hydrogen-bond acceptors (Lipinski definition) is 13. The van der Waals surface area contributed by atoms with Crippen LogP contribution in [0.1, 0.15) is 34.6 Å². The van der Waals surface area contributed by atoms with Crippen LogP contribution in [0.3, 0.4) is 0 Å². The van der Waals surface area contributed by atoms with Crippen molar-refractivity contribution in [1.29, 1.82) is 0 Å². The van der Waals surface area contributed by atoms with Gasteiger partial charge in [0.25, 0.3) is 0 Å². The van der Waals surface area contributed by atoms with E-state index < -0.39 is 79.3 Å². The van der Waals surface area contributed by atoms with Crippen LogP contribution in [0.25, 0.3) is 0 Å². The zero-order valence-electron chi connectivity index (χ0n) is 20.0. The molecule has 0 saturated carbocycles. The van der Waals surface area contributed by atoms with E-state index in [2.05, 4.69) is 4.99 Å². The van der Waals surface area contributed by atoms with Gasteiger partial charge >= 0.3 is 23.9 Å². The summed E-state index contributed by atoms with van der Waals surface area (Å²) in [4.78, 5) is 63.5. The van der Waals surface area contributed by atoms with Crippen LogP contribution < -0.4 is 0 Å². The molecule has 2 heterocycles. The third kappa shape index (κ3) is 6.10. The first-order chi connectivity index (χ1) is 16.4. The Hall–Kier alpha value is -3.16. The lowest BCUT2D eigenvalue weighted by Crippen LogP contribution is -2.70. The van der Waals surface area contributed by atoms with Crippen molar-refractivity contribution in [3.05, 3.63) is 11.1 Å². The number of rotatable bonds is 8. The molecule has 0 aromatic heterocycles. The Balaban J connectivity index is 2.73. The van der Waals surface area contributed by atoms with Gasteiger partial charge < -0.3 is 33.9 Å². The van der Waals surface area contributed by atoms with Crippen LogP contribution in [-0.4, -0.2) is 102 Å². The normalized spacial score (nSPS) is 32.4. The zero-order chi connectivity index (χ0) is 26.5. The predicted octanol–water partition coefficient (Wildman–Crippen LogP) is -1.20. The van der Waals surface area contributed by atoms with Gasteiger partial charge in [-0.05, 0) is 6.92 Å². The molecule has 2 aliphatic heterocycles. The molecule has 0 bridgehead atoms. The Kier molecular flexibility index (Phi) is 9.24. The van der Waals surface area contributed by atoms with E-state index in [9.17, 15) is 34.2 Å². The average Bonchev–Trinajstić information content (AvgIpc) is 2.75. The van der Waals surface area contributed by atoms with E-state index >= 15 is 0 Å². The third-order valence-corrected chi connectivity index (χ3v) is 5.58. The standard InChI is InChI=1S/C22H29NO12/c1-10-22(30,16(8-25)15(7-24)6-23-10)21-20(34-14(5)29)19(33-13(4)28)18(32-12(3)27)17(35-21)9-31-11(2)26/h6,8,10,17-21,24,30H,7,9H2,1-5H3/t10?,17-,18-,19+,20-,21-,22?/m1/s1. The van der Waals surface area contributed by atoms with E-state index in [1.165, 1.54) is 13.1 Å². The number of esters is 4. The highest BCUT2D eigenvalue weighted by atomic mass is 16.7. The number of ether oxygens (including phenoxy) is 5. The molecule has 0 aromatic rings. The minimum absolute atomic E-state index is 0.0199. The number of aliphatic hydroxyl groups excluding tert-OH is 1. The quantitative estimate of drug-likeness (QED) is 0.231. The second kappa shape index (κ2) is 11.5. The highest BCUT2D eigenvalue weighted by Gasteiger charge is 2.61. The first-order valence-electron chi connectivity index (χ1n) is 10.7. The van der Waals surface area contributed by atoms with Crippen LogP contribution in [0.5, 0.6) is 0 Å². The molecule has 13 nitrogen and oxygen atoms in total. The van der Waals surface area contributed by atoms with Gasteiger partial charge in [0.1, 0.15) is 30.7 Å². The van der Waals surface area contributed by atoms with Gasteiger partial charge in [0.15, 0.2) is 18.3 Å². The zero-order valence-corrected chi connectivity index (χ0v) is 20.0. The van der Waals surface area contributed by atoms with Crippen molar-refractivity contribution in [3.63, 3.8) is 0 Å². The van der Waals surface area contributed by atoms with E-state index in [0.29, 0.717) is 6.29 Å². The summed E-state index contributed by atoms with van der Waals surface area (Å²) in [6.07, 6.45) is -6.01. The third-order valence-electron chi connectivity index (χ3n) is 5.58. The fourth-order valence-electron chi connectivity index (χ4n) is 4.14. The van der Waals surface area contributed by atoms with Gasteiger partial charge in [-0.3, -0.25) is 29.0 Å². The monoisotopic (exact) mass is 499 g/mol. The fourth-order valence-corrected chi connectivity index (χ4v) is 4.14. The van der Waals surface area contributed by atoms with Crippen LogP contribution in [0.4, 0.5) is 0 Å². The molecule has 1 saturated heterocycles. The lowest BCUT2D eigenvalue weighted by molar-refractivity contribution is -0.278. The summed E-state index contributed by atoms with van der Waals surface area (Å²) in [6.45, 7) is 4.60. The van der Waals surface area contributed by atoms with Crippen LogP contribution in [0.2, 0.25) is 0 Å². The minimum atomic E-state index is -2.30. The summed E-state index contributed by atoms with van der Waals surface area (Å²) in [7, 11) is 0. The lowest BCUT2D eigenvalue weighted by atomic mass is 9.74. The molecular weight excluding hydrogens is 470 g/mol. The second-order valence-corrected chi connectivity index (χ2v) is 8.11. The minimum Gasteiger partial charge on any atom is -0.463 e. The Labute approximate surface area is 201 Å². The number of carbonyl (C=O) groups is 5. The number of aliphatic imine (C=N–C) groups is 1. The van der Waals surface area contributed by atoms with Gasteiger partial charge in [0.2, 0.25) is 0 Å². The maximum absolute atomic E-state index is 12.0. The van der Waals surface area contributed by atoms with Gasteiger partial charge in [-0.2, -0.15) is 0 Å². The molecule has 194 valence electrons. The van der Waals surface area contributed by atoms with E-state index in [1.807, 2.05) is 0 Å². The summed E-state index contributed by atoms with van der Waals surface area (Å²) in [5, 5.41) is 21.5. The smallest absolute Gasteiger partial charge is 0.303 e. The molecule has 0 spiro atoms. The largest absolute Gasteiger partial charge is 0.463 e. The predicted molar refractivity (Wildman–Crippen MR) is 115 cm³/mol. The van der Waals surface area contributed by atoms with Crippen LogP contribution in [0, 0.1) is 0 Å². The van der Waals surface area contributed by atoms with Crippen LogP contribution >= 0.6 is 0 Å². The van der Waals surface area contributed by atoms with Crippen molar-refractivity contribution in [2.45, 2.75) is 76.8 Å². The summed E-state index contributed by atoms with van der Waals surface area (Å²) in [5.74, 6) is -3.23. The fraction of sp³-hybridized carbons (Fsp3) is 0.636. The summed E-state index contributed by atoms with van der Waals surface area (Å²) in [6, 6.07) is -1.07. The van der Waals surface area contributed by atoms with Crippen molar-refractivity contribution in [1.82, 2.24) is 0 Å². The van der Waals surface area contributed by atoms with Gasteiger partial charge in [-0.25, -0.2) is 0 Å². The Morgan fingerprint density at radius 3 is 2.03 bits per heavy atom. The maximum atomic E-state index is 12.0. The number of aliphatic hydroxyl groups is 2. The maximum Gasteiger partial charge on any atom is 0.303 e. The van der Waals surface area contributed by atoms with Crippen molar-refractivity contribution in [2.75, 3.05) is 13.2 Å². The molecular formula is C22H29NO12. The number of hydrogen-bond donors (Lipinski definition) is 2. The topological polar surface area (TPSA) is 184 Å². The molecule has 2 N–H and O–H groups in total. The molecule has 0 radical (unpaired) electrons. The average molecular weight is 499 g/mol. The van der Waals surface area contributed by atoms with Gasteiger partial charge in [0.05, 0.1) is 12.6 Å². The van der Waals surface area contributed by atoms with E-state index in [4.69, 9.17) is 23.7 Å². The first kappa shape index (κ1) is 28.1. The molecule has 35 heavy (non-hydrogen) atoms. The van der Waals surface area contributed by atoms with Gasteiger partial charge in [-0.15, -0.1) is 0 Å². The van der Waals surface area contributed by atoms with Gasteiger partial charge in [-0.1, -0.05) is 0 Å². The van der Waals surface area contributed by atoms with Crippen molar-refractivity contribution >= 4 is 36.4 Å². The highest BCUT2D eigenvalue weighted by molar-refractivity contribution is 5.93. The molecule has 2 rings (SSSR count). The van der Waals surface area contributed by atoms with Crippen molar-refractivity contribution in [2.24, 2.45) is 4.99 Å². The summed E-state index contributed by atoms with van der Waals surface area (Å²) >= 11 is 0. The molecule has 0 amide bonds. The molecule has 13 heteroatoms. The summed E-state index contributed by atoms with van der Waals surface area (Å²) in [5.41, 5.74) is -2.63. The number of dihydropyridines is 1. The Bertz CT molecular complexity index is 927. The van der Waals surface area contributed by atoms with E-state index in [-0.39, 0.29) is 11.1 Å². The second-order valence-electron chi connectivity index (χ2n) is 8.11. The van der Waals surface area contributed by atoms with Crippen molar-refractivity contribution in [3.8, 4) is 0 Å². The number of carbonyl (C=O) groups excluding carboxylic acids is 5. The summed E-state index contributed by atoms with van der Waals surface area (Å²) < 4.78 is 27.0. The SMILES string of the molecule is CC(=O)OC[C@H]1O[C@@H](C2(O)C(C=O)=C(CO)C=NC2C)[C@H](OC(C)=O)[C@@H](OC(C)=O)[C@@H]1OC(C)=O. The Morgan fingerprint density at radius 2 is 1.54 bits per heavy atom. The van der Waals surface area contributed by atoms with E-state index in [0.717, 1.165) is 27.7 Å². The molecule has 0 aliphatic carbocycles. The molecule has 7 atom stereocenters. The van der Waals surface area contributed by atoms with Crippen LogP contribution in [-0.2, 0) is 47.7 Å². The number of nitrogens with zero attached hydrogens (tertiary/aromatic N) is 1. The molecule has 1 fully saturated rings. The van der Waals surface area contributed by atoms with Crippen molar-refractivity contribution < 1.29 is 57.9 Å². The highest BCUT2D eigenvalue weighted by Crippen LogP contribution is 2.41. The molecule has 2 unspecified atom stereocenters. The first-order valence-corrected chi connectivity index (χ1v) is 10.7.